The van der Waals surface area contributed by atoms with Gasteiger partial charge < -0.3 is 15.4 Å². The molecule has 1 aromatic rings. The van der Waals surface area contributed by atoms with Gasteiger partial charge in [0.05, 0.1) is 17.7 Å². The molecule has 0 aromatic carbocycles. The highest BCUT2D eigenvalue weighted by Crippen LogP contribution is 2.29. The Morgan fingerprint density at radius 3 is 3.00 bits per heavy atom. The number of ether oxygens (including phenoxy) is 1. The summed E-state index contributed by atoms with van der Waals surface area (Å²) in [5.41, 5.74) is 0.559. The molecule has 0 bridgehead atoms. The number of carbonyl (C=O) groups is 1. The first kappa shape index (κ1) is 14.4. The lowest BCUT2D eigenvalue weighted by Crippen LogP contribution is -2.41. The topological polar surface area (TPSA) is 63.2 Å². The summed E-state index contributed by atoms with van der Waals surface area (Å²) < 4.78 is 5.21. The Hall–Kier alpha value is -0.980. The van der Waals surface area contributed by atoms with Crippen LogP contribution in [0, 0.1) is 5.41 Å². The number of thiazole rings is 1. The minimum Gasteiger partial charge on any atom is -0.384 e. The quantitative estimate of drug-likeness (QED) is 0.865. The Bertz CT molecular complexity index is 439. The molecule has 2 rings (SSSR count). The number of hydrogen-bond acceptors (Lipinski definition) is 5. The van der Waals surface area contributed by atoms with Gasteiger partial charge in [0.1, 0.15) is 0 Å². The number of hydrogen-bond donors (Lipinski definition) is 2. The van der Waals surface area contributed by atoms with Crippen molar-refractivity contribution in [2.45, 2.75) is 26.2 Å². The SMILES string of the molecule is COCC1(C(=O)Nc2nc(C(C)C)cs2)CCNC1. The Balaban J connectivity index is 2.06. The molecule has 0 spiro atoms. The molecule has 106 valence electrons. The van der Waals surface area contributed by atoms with E-state index in [9.17, 15) is 4.79 Å². The maximum absolute atomic E-state index is 12.4. The van der Waals surface area contributed by atoms with Crippen LogP contribution in [0.2, 0.25) is 0 Å². The molecule has 1 atom stereocenters. The summed E-state index contributed by atoms with van der Waals surface area (Å²) in [4.78, 5) is 16.9. The number of amides is 1. The first-order chi connectivity index (χ1) is 9.07. The van der Waals surface area contributed by atoms with Gasteiger partial charge in [0, 0.05) is 19.0 Å². The van der Waals surface area contributed by atoms with Gasteiger partial charge in [-0.1, -0.05) is 13.8 Å². The molecule has 1 unspecified atom stereocenters. The minimum atomic E-state index is -0.460. The maximum Gasteiger partial charge on any atom is 0.236 e. The lowest BCUT2D eigenvalue weighted by atomic mass is 9.87. The van der Waals surface area contributed by atoms with Crippen molar-refractivity contribution in [2.24, 2.45) is 5.41 Å². The first-order valence-corrected chi connectivity index (χ1v) is 7.42. The number of rotatable bonds is 5. The van der Waals surface area contributed by atoms with Crippen LogP contribution in [-0.2, 0) is 9.53 Å². The molecule has 1 aliphatic heterocycles. The molecule has 1 amide bonds. The van der Waals surface area contributed by atoms with E-state index in [-0.39, 0.29) is 5.91 Å². The van der Waals surface area contributed by atoms with E-state index in [0.29, 0.717) is 24.2 Å². The summed E-state index contributed by atoms with van der Waals surface area (Å²) in [6.07, 6.45) is 0.801. The van der Waals surface area contributed by atoms with Gasteiger partial charge in [-0.05, 0) is 18.9 Å². The van der Waals surface area contributed by atoms with Crippen molar-refractivity contribution < 1.29 is 9.53 Å². The fourth-order valence-corrected chi connectivity index (χ4v) is 3.11. The second-order valence-corrected chi connectivity index (χ2v) is 6.18. The fraction of sp³-hybridized carbons (Fsp3) is 0.692. The van der Waals surface area contributed by atoms with Crippen molar-refractivity contribution in [3.63, 3.8) is 0 Å². The van der Waals surface area contributed by atoms with Crippen LogP contribution in [-0.4, -0.2) is 37.7 Å². The Kier molecular flexibility index (Phi) is 4.54. The summed E-state index contributed by atoms with van der Waals surface area (Å²) in [7, 11) is 1.63. The molecule has 2 N–H and O–H groups in total. The van der Waals surface area contributed by atoms with Gasteiger partial charge in [-0.3, -0.25) is 4.79 Å². The average molecular weight is 283 g/mol. The molecule has 1 saturated heterocycles. The number of methoxy groups -OCH3 is 1. The van der Waals surface area contributed by atoms with Crippen LogP contribution in [0.25, 0.3) is 0 Å². The van der Waals surface area contributed by atoms with Crippen LogP contribution >= 0.6 is 11.3 Å². The predicted molar refractivity (Wildman–Crippen MR) is 76.6 cm³/mol. The first-order valence-electron chi connectivity index (χ1n) is 6.54. The van der Waals surface area contributed by atoms with Crippen molar-refractivity contribution in [1.29, 1.82) is 0 Å². The second kappa shape index (κ2) is 5.98. The summed E-state index contributed by atoms with van der Waals surface area (Å²) in [6, 6.07) is 0. The number of nitrogens with one attached hydrogen (secondary N) is 2. The summed E-state index contributed by atoms with van der Waals surface area (Å²) >= 11 is 1.48. The number of anilines is 1. The third kappa shape index (κ3) is 3.13. The van der Waals surface area contributed by atoms with Crippen LogP contribution in [0.1, 0.15) is 31.9 Å². The Morgan fingerprint density at radius 1 is 1.68 bits per heavy atom. The van der Waals surface area contributed by atoms with E-state index in [1.165, 1.54) is 11.3 Å². The molecular weight excluding hydrogens is 262 g/mol. The molecule has 19 heavy (non-hydrogen) atoms. The average Bonchev–Trinajstić information content (AvgIpc) is 2.99. The minimum absolute atomic E-state index is 0.00371. The molecule has 1 aliphatic rings. The van der Waals surface area contributed by atoms with Crippen LogP contribution in [0.5, 0.6) is 0 Å². The van der Waals surface area contributed by atoms with Crippen LogP contribution < -0.4 is 10.6 Å². The lowest BCUT2D eigenvalue weighted by Gasteiger charge is -2.25. The molecule has 1 fully saturated rings. The summed E-state index contributed by atoms with van der Waals surface area (Å²) in [5.74, 6) is 0.381. The van der Waals surface area contributed by atoms with Crippen molar-refractivity contribution in [1.82, 2.24) is 10.3 Å². The molecule has 6 heteroatoms. The molecule has 5 nitrogen and oxygen atoms in total. The zero-order valence-electron chi connectivity index (χ0n) is 11.7. The highest BCUT2D eigenvalue weighted by Gasteiger charge is 2.41. The standard InChI is InChI=1S/C13H21N3O2S/c1-9(2)10-6-19-12(15-10)16-11(17)13(8-18-3)4-5-14-7-13/h6,9,14H,4-5,7-8H2,1-3H3,(H,15,16,17). The summed E-state index contributed by atoms with van der Waals surface area (Å²) in [5, 5.41) is 8.84. The van der Waals surface area contributed by atoms with E-state index < -0.39 is 5.41 Å². The number of nitrogens with zero attached hydrogens (tertiary/aromatic N) is 1. The van der Waals surface area contributed by atoms with Gasteiger partial charge in [-0.15, -0.1) is 11.3 Å². The molecule has 0 radical (unpaired) electrons. The van der Waals surface area contributed by atoms with Crippen molar-refractivity contribution in [2.75, 3.05) is 32.1 Å². The van der Waals surface area contributed by atoms with E-state index in [0.717, 1.165) is 18.7 Å². The van der Waals surface area contributed by atoms with Gasteiger partial charge in [-0.25, -0.2) is 4.98 Å². The van der Waals surface area contributed by atoms with Crippen LogP contribution in [0.3, 0.4) is 0 Å². The molecule has 0 saturated carbocycles. The van der Waals surface area contributed by atoms with Crippen molar-refractivity contribution >= 4 is 22.4 Å². The largest absolute Gasteiger partial charge is 0.384 e. The predicted octanol–water partition coefficient (Wildman–Crippen LogP) is 1.83. The van der Waals surface area contributed by atoms with Crippen molar-refractivity contribution in [3.8, 4) is 0 Å². The second-order valence-electron chi connectivity index (χ2n) is 5.33. The van der Waals surface area contributed by atoms with Gasteiger partial charge in [0.15, 0.2) is 5.13 Å². The molecule has 2 heterocycles. The maximum atomic E-state index is 12.4. The normalized spacial score (nSPS) is 22.9. The smallest absolute Gasteiger partial charge is 0.236 e. The van der Waals surface area contributed by atoms with Gasteiger partial charge in [0.25, 0.3) is 0 Å². The highest BCUT2D eigenvalue weighted by atomic mass is 32.1. The zero-order chi connectivity index (χ0) is 13.9. The molecule has 0 aliphatic carbocycles. The molecule has 1 aromatic heterocycles. The van der Waals surface area contributed by atoms with Gasteiger partial charge in [-0.2, -0.15) is 0 Å². The van der Waals surface area contributed by atoms with Gasteiger partial charge >= 0.3 is 0 Å². The Morgan fingerprint density at radius 2 is 2.47 bits per heavy atom. The summed E-state index contributed by atoms with van der Waals surface area (Å²) in [6.45, 7) is 6.14. The third-order valence-electron chi connectivity index (χ3n) is 3.48. The number of carbonyl (C=O) groups excluding carboxylic acids is 1. The fourth-order valence-electron chi connectivity index (χ4n) is 2.24. The van der Waals surface area contributed by atoms with Crippen LogP contribution in [0.15, 0.2) is 5.38 Å². The Labute approximate surface area is 117 Å². The van der Waals surface area contributed by atoms with E-state index in [1.54, 1.807) is 7.11 Å². The monoisotopic (exact) mass is 283 g/mol. The van der Waals surface area contributed by atoms with E-state index >= 15 is 0 Å². The van der Waals surface area contributed by atoms with Gasteiger partial charge in [0.2, 0.25) is 5.91 Å². The number of aromatic nitrogens is 1. The van der Waals surface area contributed by atoms with Crippen LogP contribution in [0.4, 0.5) is 5.13 Å². The molecular formula is C13H21N3O2S. The van der Waals surface area contributed by atoms with E-state index in [1.807, 2.05) is 5.38 Å². The van der Waals surface area contributed by atoms with Crippen molar-refractivity contribution in [3.05, 3.63) is 11.1 Å². The van der Waals surface area contributed by atoms with E-state index in [2.05, 4.69) is 29.5 Å². The lowest BCUT2D eigenvalue weighted by molar-refractivity contribution is -0.127. The van der Waals surface area contributed by atoms with E-state index in [4.69, 9.17) is 4.74 Å². The highest BCUT2D eigenvalue weighted by molar-refractivity contribution is 7.13. The third-order valence-corrected chi connectivity index (χ3v) is 4.26. The zero-order valence-corrected chi connectivity index (χ0v) is 12.5.